The summed E-state index contributed by atoms with van der Waals surface area (Å²) in [4.78, 5) is 18.0. The molecule has 0 saturated carbocycles. The van der Waals surface area contributed by atoms with Gasteiger partial charge in [0.15, 0.2) is 11.5 Å². The number of sulfone groups is 1. The minimum Gasteiger partial charge on any atom is -0.493 e. The Morgan fingerprint density at radius 3 is 2.59 bits per heavy atom. The maximum absolute atomic E-state index is 12.8. The lowest BCUT2D eigenvalue weighted by molar-refractivity contribution is -0.114. The minimum atomic E-state index is -3.72. The number of nitrogens with one attached hydrogen (secondary N) is 1. The Morgan fingerprint density at radius 1 is 1.11 bits per heavy atom. The summed E-state index contributed by atoms with van der Waals surface area (Å²) in [5.74, 6) is 0.216. The van der Waals surface area contributed by atoms with Crippen LogP contribution in [0.1, 0.15) is 12.5 Å². The first-order valence-electron chi connectivity index (χ1n) is 11.4. The summed E-state index contributed by atoms with van der Waals surface area (Å²) >= 11 is 0.778. The summed E-state index contributed by atoms with van der Waals surface area (Å²) in [5.41, 5.74) is 1.60. The maximum atomic E-state index is 12.8. The molecule has 1 amide bonds. The molecule has 0 bridgehead atoms. The number of para-hydroxylation sites is 3. The Morgan fingerprint density at radius 2 is 1.84 bits per heavy atom. The maximum Gasteiger partial charge on any atom is 0.283 e. The Hall–Kier alpha value is -3.90. The van der Waals surface area contributed by atoms with E-state index in [1.54, 1.807) is 13.2 Å². The number of rotatable bonds is 7. The number of amides is 1. The van der Waals surface area contributed by atoms with Crippen molar-refractivity contribution in [2.24, 2.45) is 9.39 Å². The molecular weight excluding hydrogens is 514 g/mol. The van der Waals surface area contributed by atoms with Crippen LogP contribution in [-0.2, 0) is 21.2 Å². The molecule has 2 aliphatic rings. The average molecular weight is 538 g/mol. The van der Waals surface area contributed by atoms with E-state index in [2.05, 4.69) is 9.39 Å². The lowest BCUT2D eigenvalue weighted by Crippen LogP contribution is -2.45. The predicted octanol–water partition coefficient (Wildman–Crippen LogP) is 3.74. The standard InChI is InChI=1S/C25H23N5O5S2/c1-3-37(32,33)25-28-36-24-27-23(31)18(22(26)30(24)25)14-16-15-29(19-9-5-4-8-17(16)19)12-13-35-21-11-7-6-10-20(21)34-2/h4-11,14-15,26H,3,12-13H2,1-2H3/b18-14-,26-22?. The van der Waals surface area contributed by atoms with Crippen LogP contribution in [0.5, 0.6) is 11.5 Å². The molecule has 1 aromatic heterocycles. The van der Waals surface area contributed by atoms with Gasteiger partial charge in [0, 0.05) is 22.7 Å². The number of fused-ring (bicyclic) bond motifs is 2. The number of methoxy groups -OCH3 is 1. The SMILES string of the molecule is CCS(=O)(=O)C1=NSC2=NC(=O)/C(=C\c3cn(CCOc4ccccc4OC)c4ccccc34)C(=N)N21. The first-order chi connectivity index (χ1) is 17.8. The Balaban J connectivity index is 1.46. The number of benzene rings is 2. The van der Waals surface area contributed by atoms with Crippen LogP contribution in [0.2, 0.25) is 0 Å². The number of hydrogen-bond acceptors (Lipinski definition) is 8. The van der Waals surface area contributed by atoms with Crippen LogP contribution in [0.4, 0.5) is 0 Å². The van der Waals surface area contributed by atoms with E-state index in [1.165, 1.54) is 6.92 Å². The molecule has 3 heterocycles. The normalized spacial score (nSPS) is 16.7. The summed E-state index contributed by atoms with van der Waals surface area (Å²) in [6.45, 7) is 2.39. The molecule has 0 spiro atoms. The molecule has 190 valence electrons. The highest BCUT2D eigenvalue weighted by atomic mass is 32.2. The average Bonchev–Trinajstić information content (AvgIpc) is 3.49. The van der Waals surface area contributed by atoms with E-state index >= 15 is 0 Å². The lowest BCUT2D eigenvalue weighted by atomic mass is 10.1. The Kier molecular flexibility index (Phi) is 6.61. The molecule has 2 aliphatic heterocycles. The molecule has 0 fully saturated rings. The van der Waals surface area contributed by atoms with Crippen molar-refractivity contribution < 1.29 is 22.7 Å². The second-order valence-electron chi connectivity index (χ2n) is 8.10. The van der Waals surface area contributed by atoms with Gasteiger partial charge in [-0.25, -0.2) is 13.3 Å². The number of hydrogen-bond donors (Lipinski definition) is 1. The number of nitrogens with zero attached hydrogens (tertiary/aromatic N) is 4. The van der Waals surface area contributed by atoms with Gasteiger partial charge >= 0.3 is 0 Å². The van der Waals surface area contributed by atoms with Gasteiger partial charge in [0.2, 0.25) is 20.2 Å². The third-order valence-electron chi connectivity index (χ3n) is 5.93. The lowest BCUT2D eigenvalue weighted by Gasteiger charge is -2.24. The van der Waals surface area contributed by atoms with E-state index in [-0.39, 0.29) is 27.5 Å². The fraction of sp³-hybridized carbons (Fsp3) is 0.200. The van der Waals surface area contributed by atoms with Crippen molar-refractivity contribution in [3.63, 3.8) is 0 Å². The van der Waals surface area contributed by atoms with Crippen LogP contribution in [0, 0.1) is 5.41 Å². The molecule has 10 nitrogen and oxygen atoms in total. The zero-order valence-electron chi connectivity index (χ0n) is 20.0. The smallest absolute Gasteiger partial charge is 0.283 e. The molecule has 5 rings (SSSR count). The van der Waals surface area contributed by atoms with Gasteiger partial charge in [-0.2, -0.15) is 9.39 Å². The van der Waals surface area contributed by atoms with Crippen molar-refractivity contribution in [3.8, 4) is 11.5 Å². The van der Waals surface area contributed by atoms with Crippen molar-refractivity contribution in [2.75, 3.05) is 19.5 Å². The first-order valence-corrected chi connectivity index (χ1v) is 13.8. The van der Waals surface area contributed by atoms with Crippen molar-refractivity contribution >= 4 is 60.8 Å². The highest BCUT2D eigenvalue weighted by molar-refractivity contribution is 8.16. The summed E-state index contributed by atoms with van der Waals surface area (Å²) in [6, 6.07) is 15.1. The number of aromatic nitrogens is 1. The van der Waals surface area contributed by atoms with Crippen LogP contribution in [0.15, 0.2) is 69.7 Å². The van der Waals surface area contributed by atoms with Crippen LogP contribution in [0.3, 0.4) is 0 Å². The van der Waals surface area contributed by atoms with Crippen molar-refractivity contribution in [1.82, 2.24) is 9.47 Å². The van der Waals surface area contributed by atoms with Gasteiger partial charge in [-0.3, -0.25) is 10.2 Å². The zero-order valence-corrected chi connectivity index (χ0v) is 21.7. The predicted molar refractivity (Wildman–Crippen MR) is 145 cm³/mol. The summed E-state index contributed by atoms with van der Waals surface area (Å²) in [6.07, 6.45) is 3.45. The third-order valence-corrected chi connectivity index (χ3v) is 8.34. The van der Waals surface area contributed by atoms with Gasteiger partial charge in [0.05, 0.1) is 36.9 Å². The molecule has 3 aromatic rings. The molecule has 0 aliphatic carbocycles. The monoisotopic (exact) mass is 537 g/mol. The van der Waals surface area contributed by atoms with E-state index in [0.717, 1.165) is 27.8 Å². The Labute approximate surface area is 217 Å². The third kappa shape index (κ3) is 4.53. The van der Waals surface area contributed by atoms with E-state index in [1.807, 2.05) is 59.3 Å². The second-order valence-corrected chi connectivity index (χ2v) is 11.0. The number of ether oxygens (including phenoxy) is 2. The van der Waals surface area contributed by atoms with E-state index in [9.17, 15) is 13.2 Å². The van der Waals surface area contributed by atoms with Gasteiger partial charge in [0.1, 0.15) is 12.4 Å². The van der Waals surface area contributed by atoms with Gasteiger partial charge in [0.25, 0.3) is 5.91 Å². The first kappa shape index (κ1) is 24.8. The number of aliphatic imine (C=N–C) groups is 1. The fourth-order valence-corrected chi connectivity index (χ4v) is 6.01. The van der Waals surface area contributed by atoms with Gasteiger partial charge in [-0.15, -0.1) is 0 Å². The molecule has 0 atom stereocenters. The van der Waals surface area contributed by atoms with Crippen LogP contribution < -0.4 is 9.47 Å². The highest BCUT2D eigenvalue weighted by Crippen LogP contribution is 2.32. The summed E-state index contributed by atoms with van der Waals surface area (Å²) < 4.78 is 42.2. The fourth-order valence-electron chi connectivity index (χ4n) is 4.05. The number of carbonyl (C=O) groups excluding carboxylic acids is 1. The topological polar surface area (TPSA) is 126 Å². The van der Waals surface area contributed by atoms with Gasteiger partial charge in [-0.05, 0) is 24.3 Å². The van der Waals surface area contributed by atoms with Crippen LogP contribution in [-0.4, -0.2) is 59.4 Å². The zero-order chi connectivity index (χ0) is 26.2. The molecule has 0 unspecified atom stereocenters. The molecule has 0 radical (unpaired) electrons. The summed E-state index contributed by atoms with van der Waals surface area (Å²) in [7, 11) is -2.13. The molecule has 2 aromatic carbocycles. The van der Waals surface area contributed by atoms with Crippen molar-refractivity contribution in [3.05, 3.63) is 65.9 Å². The largest absolute Gasteiger partial charge is 0.493 e. The van der Waals surface area contributed by atoms with E-state index in [4.69, 9.17) is 14.9 Å². The quantitative estimate of drug-likeness (QED) is 0.359. The molecule has 1 N–H and O–H groups in total. The Bertz CT molecular complexity index is 1620. The molecule has 0 saturated heterocycles. The van der Waals surface area contributed by atoms with Gasteiger partial charge < -0.3 is 14.0 Å². The van der Waals surface area contributed by atoms with Crippen molar-refractivity contribution in [1.29, 1.82) is 5.41 Å². The van der Waals surface area contributed by atoms with Crippen LogP contribution in [0.25, 0.3) is 17.0 Å². The summed E-state index contributed by atoms with van der Waals surface area (Å²) in [5, 5.41) is 9.31. The molecule has 37 heavy (non-hydrogen) atoms. The van der Waals surface area contributed by atoms with Gasteiger partial charge in [-0.1, -0.05) is 37.3 Å². The van der Waals surface area contributed by atoms with Crippen LogP contribution >= 0.6 is 11.9 Å². The van der Waals surface area contributed by atoms with E-state index in [0.29, 0.717) is 30.2 Å². The van der Waals surface area contributed by atoms with E-state index < -0.39 is 15.7 Å². The highest BCUT2D eigenvalue weighted by Gasteiger charge is 2.42. The molecule has 12 heteroatoms. The van der Waals surface area contributed by atoms with Crippen molar-refractivity contribution in [2.45, 2.75) is 13.5 Å². The number of amidine groups is 3. The molecular formula is C25H23N5O5S2. The minimum absolute atomic E-state index is 0.0153. The number of carbonyl (C=O) groups is 1. The second kappa shape index (κ2) is 9.87.